The van der Waals surface area contributed by atoms with Crippen molar-refractivity contribution in [1.29, 1.82) is 0 Å². The van der Waals surface area contributed by atoms with Gasteiger partial charge in [0.2, 0.25) is 0 Å². The molecule has 11 heavy (non-hydrogen) atoms. The maximum atomic E-state index is 5.68. The zero-order valence-corrected chi connectivity index (χ0v) is 7.12. The molecule has 0 aliphatic carbocycles. The Morgan fingerprint density at radius 3 is 3.09 bits per heavy atom. The van der Waals surface area contributed by atoms with E-state index in [1.54, 1.807) is 6.07 Å². The molecule has 2 N–H and O–H groups in total. The van der Waals surface area contributed by atoms with Crippen LogP contribution in [0.4, 0.5) is 5.69 Å². The molecule has 0 amide bonds. The van der Waals surface area contributed by atoms with Crippen LogP contribution < -0.4 is 5.73 Å². The summed E-state index contributed by atoms with van der Waals surface area (Å²) in [5.74, 6) is 0. The normalized spacial score (nSPS) is 10.6. The highest BCUT2D eigenvalue weighted by atomic mass is 35.5. The molecule has 0 saturated heterocycles. The fraction of sp³-hybridized carbons (Fsp3) is 0. The monoisotopic (exact) mass is 184 g/mol. The van der Waals surface area contributed by atoms with E-state index < -0.39 is 0 Å². The lowest BCUT2D eigenvalue weighted by Gasteiger charge is -1.90. The van der Waals surface area contributed by atoms with Crippen molar-refractivity contribution in [2.75, 3.05) is 5.73 Å². The lowest BCUT2D eigenvalue weighted by atomic mass is 10.3. The van der Waals surface area contributed by atoms with Crippen LogP contribution in [0, 0.1) is 0 Å². The zero-order valence-electron chi connectivity index (χ0n) is 5.54. The molecule has 0 aliphatic heterocycles. The molecule has 0 aromatic carbocycles. The summed E-state index contributed by atoms with van der Waals surface area (Å²) in [6, 6.07) is 3.63. The van der Waals surface area contributed by atoms with Crippen molar-refractivity contribution < 1.29 is 0 Å². The third-order valence-electron chi connectivity index (χ3n) is 1.43. The predicted molar refractivity (Wildman–Crippen MR) is 49.0 cm³/mol. The smallest absolute Gasteiger partial charge is 0.130 e. The minimum atomic E-state index is 0.513. The highest BCUT2D eigenvalue weighted by molar-refractivity contribution is 7.17. The van der Waals surface area contributed by atoms with Crippen molar-refractivity contribution in [2.24, 2.45) is 0 Å². The van der Waals surface area contributed by atoms with Gasteiger partial charge in [-0.25, -0.2) is 4.98 Å². The molecule has 0 saturated carbocycles. The SMILES string of the molecule is Nc1csc2nc(Cl)ccc12. The summed E-state index contributed by atoms with van der Waals surface area (Å²) in [6.45, 7) is 0. The van der Waals surface area contributed by atoms with Crippen LogP contribution in [0.2, 0.25) is 5.15 Å². The molecule has 2 nitrogen and oxygen atoms in total. The quantitative estimate of drug-likeness (QED) is 0.639. The van der Waals surface area contributed by atoms with E-state index in [-0.39, 0.29) is 0 Å². The van der Waals surface area contributed by atoms with Crippen LogP contribution in [0.3, 0.4) is 0 Å². The van der Waals surface area contributed by atoms with Crippen molar-refractivity contribution in [1.82, 2.24) is 4.98 Å². The number of halogens is 1. The maximum absolute atomic E-state index is 5.68. The molecule has 0 fully saturated rings. The van der Waals surface area contributed by atoms with Gasteiger partial charge >= 0.3 is 0 Å². The Kier molecular flexibility index (Phi) is 1.47. The van der Waals surface area contributed by atoms with Crippen LogP contribution >= 0.6 is 22.9 Å². The molecule has 56 valence electrons. The molecular weight excluding hydrogens is 180 g/mol. The van der Waals surface area contributed by atoms with E-state index in [0.717, 1.165) is 15.9 Å². The molecule has 2 aromatic heterocycles. The summed E-state index contributed by atoms with van der Waals surface area (Å²) < 4.78 is 0. The molecule has 0 atom stereocenters. The topological polar surface area (TPSA) is 38.9 Å². The minimum absolute atomic E-state index is 0.513. The van der Waals surface area contributed by atoms with Crippen LogP contribution in [-0.4, -0.2) is 4.98 Å². The number of aromatic nitrogens is 1. The summed E-state index contributed by atoms with van der Waals surface area (Å²) in [7, 11) is 0. The molecule has 0 unspecified atom stereocenters. The summed E-state index contributed by atoms with van der Waals surface area (Å²) in [5, 5.41) is 3.37. The lowest BCUT2D eigenvalue weighted by molar-refractivity contribution is 1.44. The Morgan fingerprint density at radius 2 is 2.27 bits per heavy atom. The third kappa shape index (κ3) is 1.06. The van der Waals surface area contributed by atoms with Gasteiger partial charge in [-0.1, -0.05) is 11.6 Å². The first kappa shape index (κ1) is 6.88. The summed E-state index contributed by atoms with van der Waals surface area (Å²) in [6.07, 6.45) is 0. The first-order valence-corrected chi connectivity index (χ1v) is 4.32. The van der Waals surface area contributed by atoms with E-state index in [0.29, 0.717) is 5.15 Å². The van der Waals surface area contributed by atoms with E-state index in [2.05, 4.69) is 4.98 Å². The predicted octanol–water partition coefficient (Wildman–Crippen LogP) is 2.53. The van der Waals surface area contributed by atoms with Crippen molar-refractivity contribution in [2.45, 2.75) is 0 Å². The third-order valence-corrected chi connectivity index (χ3v) is 2.55. The van der Waals surface area contributed by atoms with Gasteiger partial charge in [-0.15, -0.1) is 11.3 Å². The lowest BCUT2D eigenvalue weighted by Crippen LogP contribution is -1.80. The number of rotatable bonds is 0. The summed E-state index contributed by atoms with van der Waals surface area (Å²) in [5.41, 5.74) is 6.43. The van der Waals surface area contributed by atoms with E-state index >= 15 is 0 Å². The number of pyridine rings is 1. The molecule has 0 bridgehead atoms. The van der Waals surface area contributed by atoms with Crippen LogP contribution in [0.5, 0.6) is 0 Å². The van der Waals surface area contributed by atoms with Gasteiger partial charge in [-0.05, 0) is 12.1 Å². The first-order chi connectivity index (χ1) is 5.27. The number of hydrogen-bond acceptors (Lipinski definition) is 3. The van der Waals surface area contributed by atoms with Gasteiger partial charge in [0.15, 0.2) is 0 Å². The van der Waals surface area contributed by atoms with E-state index in [1.807, 2.05) is 11.4 Å². The number of hydrogen-bond donors (Lipinski definition) is 1. The van der Waals surface area contributed by atoms with Crippen LogP contribution in [0.25, 0.3) is 10.2 Å². The fourth-order valence-electron chi connectivity index (χ4n) is 0.910. The van der Waals surface area contributed by atoms with E-state index in [1.165, 1.54) is 11.3 Å². The van der Waals surface area contributed by atoms with Gasteiger partial charge in [0.05, 0.1) is 5.69 Å². The van der Waals surface area contributed by atoms with Gasteiger partial charge in [-0.2, -0.15) is 0 Å². The zero-order chi connectivity index (χ0) is 7.84. The molecule has 0 spiro atoms. The second kappa shape index (κ2) is 2.36. The van der Waals surface area contributed by atoms with E-state index in [9.17, 15) is 0 Å². The van der Waals surface area contributed by atoms with Gasteiger partial charge < -0.3 is 5.73 Å². The number of anilines is 1. The number of nitrogen functional groups attached to an aromatic ring is 1. The van der Waals surface area contributed by atoms with Crippen molar-refractivity contribution in [3.63, 3.8) is 0 Å². The van der Waals surface area contributed by atoms with Crippen LogP contribution in [0.1, 0.15) is 0 Å². The first-order valence-electron chi connectivity index (χ1n) is 3.06. The molecular formula is C7H5ClN2S. The number of fused-ring (bicyclic) bond motifs is 1. The minimum Gasteiger partial charge on any atom is -0.398 e. The Labute approximate surface area is 72.6 Å². The Bertz CT molecular complexity index is 396. The second-order valence-electron chi connectivity index (χ2n) is 2.18. The molecule has 4 heteroatoms. The number of thiophene rings is 1. The average molecular weight is 185 g/mol. The number of nitrogens with zero attached hydrogens (tertiary/aromatic N) is 1. The molecule has 0 radical (unpaired) electrons. The maximum Gasteiger partial charge on any atom is 0.130 e. The van der Waals surface area contributed by atoms with Gasteiger partial charge in [0.1, 0.15) is 9.98 Å². The van der Waals surface area contributed by atoms with Crippen molar-refractivity contribution >= 4 is 38.8 Å². The largest absolute Gasteiger partial charge is 0.398 e. The highest BCUT2D eigenvalue weighted by Crippen LogP contribution is 2.27. The highest BCUT2D eigenvalue weighted by Gasteiger charge is 2.00. The van der Waals surface area contributed by atoms with Gasteiger partial charge in [0.25, 0.3) is 0 Å². The van der Waals surface area contributed by atoms with Crippen molar-refractivity contribution in [3.05, 3.63) is 22.7 Å². The van der Waals surface area contributed by atoms with Gasteiger partial charge in [-0.3, -0.25) is 0 Å². The second-order valence-corrected chi connectivity index (χ2v) is 3.42. The molecule has 0 aliphatic rings. The Hall–Kier alpha value is -0.800. The molecule has 2 heterocycles. The standard InChI is InChI=1S/C7H5ClN2S/c8-6-2-1-4-5(9)3-11-7(4)10-6/h1-3H,9H2. The average Bonchev–Trinajstić information content (AvgIpc) is 2.32. The van der Waals surface area contributed by atoms with Crippen LogP contribution in [0.15, 0.2) is 17.5 Å². The van der Waals surface area contributed by atoms with Crippen LogP contribution in [-0.2, 0) is 0 Å². The summed E-state index contributed by atoms with van der Waals surface area (Å²) in [4.78, 5) is 5.00. The Balaban J connectivity index is 2.86. The Morgan fingerprint density at radius 1 is 1.45 bits per heavy atom. The van der Waals surface area contributed by atoms with Gasteiger partial charge in [0, 0.05) is 10.8 Å². The van der Waals surface area contributed by atoms with Crippen molar-refractivity contribution in [3.8, 4) is 0 Å². The molecule has 2 rings (SSSR count). The molecule has 2 aromatic rings. The fourth-order valence-corrected chi connectivity index (χ4v) is 1.94. The van der Waals surface area contributed by atoms with E-state index in [4.69, 9.17) is 17.3 Å². The number of nitrogens with two attached hydrogens (primary N) is 1. The summed E-state index contributed by atoms with van der Waals surface area (Å²) >= 11 is 7.19.